The van der Waals surface area contributed by atoms with Crippen LogP contribution in [0.2, 0.25) is 5.02 Å². The van der Waals surface area contributed by atoms with E-state index in [0.717, 1.165) is 16.5 Å². The van der Waals surface area contributed by atoms with Crippen LogP contribution in [0.5, 0.6) is 5.88 Å². The number of aryl methyl sites for hydroxylation is 1. The normalized spacial score (nSPS) is 12.3. The van der Waals surface area contributed by atoms with Crippen molar-refractivity contribution in [3.05, 3.63) is 52.5 Å². The lowest BCUT2D eigenvalue weighted by atomic mass is 10.1. The first kappa shape index (κ1) is 16.5. The first-order chi connectivity index (χ1) is 11.3. The van der Waals surface area contributed by atoms with Crippen molar-refractivity contribution in [2.24, 2.45) is 10.1 Å². The van der Waals surface area contributed by atoms with Crippen molar-refractivity contribution in [1.82, 2.24) is 4.98 Å². The molecule has 2 aromatic carbocycles. The fourth-order valence-corrected chi connectivity index (χ4v) is 3.21. The van der Waals surface area contributed by atoms with Gasteiger partial charge in [-0.3, -0.25) is 4.99 Å². The Morgan fingerprint density at radius 3 is 2.58 bits per heavy atom. The van der Waals surface area contributed by atoms with E-state index in [2.05, 4.69) is 9.98 Å². The van der Waals surface area contributed by atoms with Crippen LogP contribution >= 0.6 is 11.6 Å². The van der Waals surface area contributed by atoms with E-state index in [1.807, 2.05) is 6.92 Å². The summed E-state index contributed by atoms with van der Waals surface area (Å²) in [7, 11) is -3.73. The van der Waals surface area contributed by atoms with E-state index in [-0.39, 0.29) is 12.2 Å². The molecule has 0 amide bonds. The molecule has 24 heavy (non-hydrogen) atoms. The van der Waals surface area contributed by atoms with Gasteiger partial charge in [-0.2, -0.15) is 0 Å². The summed E-state index contributed by atoms with van der Waals surface area (Å²) in [6.45, 7) is 1.89. The maximum atomic E-state index is 11.2. The minimum absolute atomic E-state index is 0. The second-order valence-corrected chi connectivity index (χ2v) is 7.33. The van der Waals surface area contributed by atoms with Gasteiger partial charge >= 0.3 is 0 Å². The van der Waals surface area contributed by atoms with Gasteiger partial charge in [-0.25, -0.2) is 13.6 Å². The van der Waals surface area contributed by atoms with Gasteiger partial charge in [-0.05, 0) is 48.9 Å². The molecule has 0 atom stereocenters. The van der Waals surface area contributed by atoms with Crippen LogP contribution < -0.4 is 5.14 Å². The molecule has 0 radical (unpaired) electrons. The number of nitrogens with two attached hydrogens (primary N) is 1. The number of nitrogens with zero attached hydrogens (tertiary/aromatic N) is 1. The SMILES string of the molecule is Cc1cc(Cl)cc2c(C=Nc3ccc(S(N)(=O)=O)cc3)c(O)[nH]c12.[HH]. The minimum atomic E-state index is -3.73. The summed E-state index contributed by atoms with van der Waals surface area (Å²) >= 11 is 6.07. The van der Waals surface area contributed by atoms with Crippen LogP contribution in [0.1, 0.15) is 12.6 Å². The van der Waals surface area contributed by atoms with Gasteiger partial charge in [-0.1, -0.05) is 11.6 Å². The number of aromatic nitrogens is 1. The highest BCUT2D eigenvalue weighted by atomic mass is 35.5. The Balaban J connectivity index is 0.00000225. The van der Waals surface area contributed by atoms with Gasteiger partial charge in [-0.15, -0.1) is 0 Å². The number of nitrogens with one attached hydrogen (secondary N) is 1. The molecule has 0 unspecified atom stereocenters. The quantitative estimate of drug-likeness (QED) is 0.618. The van der Waals surface area contributed by atoms with Crippen LogP contribution in [0, 0.1) is 6.92 Å². The maximum Gasteiger partial charge on any atom is 0.238 e. The van der Waals surface area contributed by atoms with Crippen molar-refractivity contribution in [1.29, 1.82) is 0 Å². The Morgan fingerprint density at radius 1 is 1.29 bits per heavy atom. The summed E-state index contributed by atoms with van der Waals surface area (Å²) in [5.74, 6) is -0.0136. The number of aromatic hydroxyl groups is 1. The lowest BCUT2D eigenvalue weighted by Crippen LogP contribution is -2.11. The summed E-state index contributed by atoms with van der Waals surface area (Å²) in [6.07, 6.45) is 1.50. The third-order valence-corrected chi connectivity index (χ3v) is 4.74. The van der Waals surface area contributed by atoms with E-state index in [0.29, 0.717) is 16.3 Å². The molecule has 4 N–H and O–H groups in total. The molecular weight excluding hydrogens is 350 g/mol. The molecule has 3 aromatic rings. The molecule has 3 rings (SSSR count). The smallest absolute Gasteiger partial charge is 0.238 e. The number of rotatable bonds is 3. The third kappa shape index (κ3) is 3.14. The van der Waals surface area contributed by atoms with E-state index in [1.165, 1.54) is 30.5 Å². The van der Waals surface area contributed by atoms with E-state index in [1.54, 1.807) is 12.1 Å². The monoisotopic (exact) mass is 365 g/mol. The molecule has 6 nitrogen and oxygen atoms in total. The van der Waals surface area contributed by atoms with Crippen molar-refractivity contribution >= 4 is 44.4 Å². The zero-order valence-electron chi connectivity index (χ0n) is 12.6. The number of aromatic amines is 1. The summed E-state index contributed by atoms with van der Waals surface area (Å²) in [6, 6.07) is 9.34. The fourth-order valence-electron chi connectivity index (χ4n) is 2.43. The standard InChI is InChI=1S/C16H14ClN3O3S.H2/c1-9-6-10(17)7-13-14(16(21)20-15(9)13)8-19-11-2-4-12(5-3-11)24(18,22)23;/h2-8,20-21H,1H3,(H2,18,22,23);1H. The molecule has 0 aliphatic heterocycles. The number of hydrogen-bond acceptors (Lipinski definition) is 4. The predicted octanol–water partition coefficient (Wildman–Crippen LogP) is 3.48. The van der Waals surface area contributed by atoms with E-state index in [9.17, 15) is 13.5 Å². The first-order valence-corrected chi connectivity index (χ1v) is 8.86. The molecule has 0 saturated carbocycles. The first-order valence-electron chi connectivity index (χ1n) is 6.93. The average molecular weight is 366 g/mol. The number of hydrogen-bond donors (Lipinski definition) is 3. The zero-order chi connectivity index (χ0) is 17.5. The Hall–Kier alpha value is -2.35. The van der Waals surface area contributed by atoms with Crippen LogP contribution in [-0.2, 0) is 10.0 Å². The van der Waals surface area contributed by atoms with Crippen molar-refractivity contribution < 1.29 is 15.0 Å². The number of aliphatic imine (C=N–C) groups is 1. The van der Waals surface area contributed by atoms with Crippen LogP contribution in [0.25, 0.3) is 10.9 Å². The van der Waals surface area contributed by atoms with E-state index < -0.39 is 10.0 Å². The Morgan fingerprint density at radius 2 is 1.96 bits per heavy atom. The van der Waals surface area contributed by atoms with Gasteiger partial charge in [0.1, 0.15) is 0 Å². The molecular formula is C16H16ClN3O3S. The fraction of sp³-hybridized carbons (Fsp3) is 0.0625. The van der Waals surface area contributed by atoms with Gasteiger partial charge in [0.2, 0.25) is 10.0 Å². The molecule has 0 aliphatic carbocycles. The maximum absolute atomic E-state index is 11.2. The number of fused-ring (bicyclic) bond motifs is 1. The lowest BCUT2D eigenvalue weighted by molar-refractivity contribution is 0.457. The Bertz CT molecular complexity index is 1060. The van der Waals surface area contributed by atoms with Crippen LogP contribution in [0.3, 0.4) is 0 Å². The highest BCUT2D eigenvalue weighted by molar-refractivity contribution is 7.89. The van der Waals surface area contributed by atoms with Crippen LogP contribution in [0.4, 0.5) is 5.69 Å². The van der Waals surface area contributed by atoms with E-state index >= 15 is 0 Å². The molecule has 0 aliphatic rings. The second kappa shape index (κ2) is 5.94. The Kier molecular flexibility index (Phi) is 4.08. The molecule has 1 aromatic heterocycles. The van der Waals surface area contributed by atoms with Crippen molar-refractivity contribution in [2.75, 3.05) is 0 Å². The minimum Gasteiger partial charge on any atom is -0.494 e. The number of primary sulfonamides is 1. The Labute approximate surface area is 145 Å². The number of benzene rings is 2. The van der Waals surface area contributed by atoms with Gasteiger partial charge in [0.25, 0.3) is 0 Å². The van der Waals surface area contributed by atoms with Gasteiger partial charge in [0.15, 0.2) is 5.88 Å². The van der Waals surface area contributed by atoms with Crippen molar-refractivity contribution in [3.8, 4) is 5.88 Å². The second-order valence-electron chi connectivity index (χ2n) is 5.33. The summed E-state index contributed by atoms with van der Waals surface area (Å²) < 4.78 is 22.5. The molecule has 1 heterocycles. The third-order valence-electron chi connectivity index (χ3n) is 3.60. The topological polar surface area (TPSA) is 109 Å². The molecule has 0 fully saturated rings. The summed E-state index contributed by atoms with van der Waals surface area (Å²) in [4.78, 5) is 7.17. The molecule has 0 saturated heterocycles. The highest BCUT2D eigenvalue weighted by Crippen LogP contribution is 2.31. The molecule has 8 heteroatoms. The number of H-pyrrole nitrogens is 1. The van der Waals surface area contributed by atoms with Crippen molar-refractivity contribution in [3.63, 3.8) is 0 Å². The molecule has 126 valence electrons. The highest BCUT2D eigenvalue weighted by Gasteiger charge is 2.12. The molecule has 0 spiro atoms. The number of halogens is 1. The van der Waals surface area contributed by atoms with Gasteiger partial charge < -0.3 is 10.1 Å². The number of sulfonamides is 1. The van der Waals surface area contributed by atoms with Crippen LogP contribution in [0.15, 0.2) is 46.3 Å². The summed E-state index contributed by atoms with van der Waals surface area (Å²) in [5.41, 5.74) is 2.72. The largest absolute Gasteiger partial charge is 0.494 e. The summed E-state index contributed by atoms with van der Waals surface area (Å²) in [5, 5.41) is 16.5. The molecule has 0 bridgehead atoms. The van der Waals surface area contributed by atoms with Crippen molar-refractivity contribution in [2.45, 2.75) is 11.8 Å². The lowest BCUT2D eigenvalue weighted by Gasteiger charge is -1.99. The average Bonchev–Trinajstić information content (AvgIpc) is 2.81. The van der Waals surface area contributed by atoms with E-state index in [4.69, 9.17) is 16.7 Å². The zero-order valence-corrected chi connectivity index (χ0v) is 14.2. The predicted molar refractivity (Wildman–Crippen MR) is 96.9 cm³/mol. The van der Waals surface area contributed by atoms with Gasteiger partial charge in [0.05, 0.1) is 21.7 Å². The van der Waals surface area contributed by atoms with Crippen LogP contribution in [-0.4, -0.2) is 24.7 Å². The van der Waals surface area contributed by atoms with Gasteiger partial charge in [0, 0.05) is 18.1 Å².